The summed E-state index contributed by atoms with van der Waals surface area (Å²) in [5, 5.41) is 6.22. The molecule has 19 heavy (non-hydrogen) atoms. The molecule has 2 N–H and O–H groups in total. The molecule has 0 bridgehead atoms. The molecule has 0 aliphatic heterocycles. The van der Waals surface area contributed by atoms with Gasteiger partial charge in [0.05, 0.1) is 6.21 Å². The molecule has 102 valence electrons. The van der Waals surface area contributed by atoms with Crippen molar-refractivity contribution in [2.75, 3.05) is 0 Å². The van der Waals surface area contributed by atoms with Gasteiger partial charge in [-0.15, -0.1) is 0 Å². The van der Waals surface area contributed by atoms with Crippen LogP contribution in [0.25, 0.3) is 0 Å². The molecule has 0 heterocycles. The lowest BCUT2D eigenvalue weighted by molar-refractivity contribution is -0.139. The summed E-state index contributed by atoms with van der Waals surface area (Å²) in [6, 6.07) is 7.72. The highest BCUT2D eigenvalue weighted by molar-refractivity contribution is 6.35. The molecule has 2 amide bonds. The minimum atomic E-state index is -0.768. The van der Waals surface area contributed by atoms with Crippen molar-refractivity contribution in [3.05, 3.63) is 35.4 Å². The summed E-state index contributed by atoms with van der Waals surface area (Å²) in [5.74, 6) is -1.45. The Morgan fingerprint density at radius 3 is 2.37 bits per heavy atom. The van der Waals surface area contributed by atoms with Gasteiger partial charge in [-0.2, -0.15) is 5.10 Å². The Morgan fingerprint density at radius 2 is 1.84 bits per heavy atom. The zero-order chi connectivity index (χ0) is 14.3. The summed E-state index contributed by atoms with van der Waals surface area (Å²) in [4.78, 5) is 22.6. The number of amides is 2. The fourth-order valence-electron chi connectivity index (χ4n) is 1.38. The molecule has 1 aromatic rings. The molecule has 0 aromatic heterocycles. The summed E-state index contributed by atoms with van der Waals surface area (Å²) < 4.78 is 0. The Kier molecular flexibility index (Phi) is 5.73. The predicted octanol–water partition coefficient (Wildman–Crippen LogP) is 1.22. The quantitative estimate of drug-likeness (QED) is 0.486. The third-order valence-corrected chi connectivity index (χ3v) is 2.39. The maximum Gasteiger partial charge on any atom is 0.329 e. The second kappa shape index (κ2) is 7.31. The molecule has 5 heteroatoms. The van der Waals surface area contributed by atoms with Crippen LogP contribution in [0.15, 0.2) is 29.4 Å². The van der Waals surface area contributed by atoms with Crippen LogP contribution in [-0.4, -0.2) is 24.1 Å². The van der Waals surface area contributed by atoms with Crippen LogP contribution in [0.1, 0.15) is 31.9 Å². The van der Waals surface area contributed by atoms with Crippen LogP contribution >= 0.6 is 0 Å². The fraction of sp³-hybridized carbons (Fsp3) is 0.357. The summed E-state index contributed by atoms with van der Waals surface area (Å²) in [6.45, 7) is 5.64. The molecular weight excluding hydrogens is 242 g/mol. The number of hydrogen-bond donors (Lipinski definition) is 2. The molecule has 0 saturated carbocycles. The van der Waals surface area contributed by atoms with Crippen LogP contribution in [0.4, 0.5) is 0 Å². The van der Waals surface area contributed by atoms with Crippen molar-refractivity contribution in [3.63, 3.8) is 0 Å². The number of aryl methyl sites for hydroxylation is 1. The molecule has 0 saturated heterocycles. The van der Waals surface area contributed by atoms with Gasteiger partial charge in [-0.1, -0.05) is 31.2 Å². The Labute approximate surface area is 113 Å². The molecule has 5 nitrogen and oxygen atoms in total. The first-order valence-electron chi connectivity index (χ1n) is 6.25. The van der Waals surface area contributed by atoms with Gasteiger partial charge < -0.3 is 5.32 Å². The van der Waals surface area contributed by atoms with Crippen molar-refractivity contribution in [1.82, 2.24) is 10.7 Å². The summed E-state index contributed by atoms with van der Waals surface area (Å²) in [6.07, 6.45) is 2.48. The lowest BCUT2D eigenvalue weighted by atomic mass is 10.1. The van der Waals surface area contributed by atoms with E-state index in [1.807, 2.05) is 24.3 Å². The molecular formula is C14H19N3O2. The van der Waals surface area contributed by atoms with Gasteiger partial charge in [0.2, 0.25) is 0 Å². The number of rotatable bonds is 4. The highest BCUT2D eigenvalue weighted by atomic mass is 16.2. The average molecular weight is 261 g/mol. The van der Waals surface area contributed by atoms with E-state index in [1.165, 1.54) is 11.8 Å². The normalized spacial score (nSPS) is 10.7. The second-order valence-electron chi connectivity index (χ2n) is 4.42. The van der Waals surface area contributed by atoms with E-state index < -0.39 is 11.8 Å². The number of carbonyl (C=O) groups excluding carboxylic acids is 2. The van der Waals surface area contributed by atoms with Gasteiger partial charge in [0.1, 0.15) is 0 Å². The third kappa shape index (κ3) is 5.33. The van der Waals surface area contributed by atoms with Crippen molar-refractivity contribution in [1.29, 1.82) is 0 Å². The van der Waals surface area contributed by atoms with E-state index in [-0.39, 0.29) is 6.04 Å². The van der Waals surface area contributed by atoms with E-state index in [0.717, 1.165) is 12.0 Å². The third-order valence-electron chi connectivity index (χ3n) is 2.39. The highest BCUT2D eigenvalue weighted by Crippen LogP contribution is 2.02. The number of benzene rings is 1. The Morgan fingerprint density at radius 1 is 1.21 bits per heavy atom. The molecule has 0 fully saturated rings. The average Bonchev–Trinajstić information content (AvgIpc) is 2.38. The van der Waals surface area contributed by atoms with E-state index >= 15 is 0 Å². The first kappa shape index (κ1) is 14.9. The van der Waals surface area contributed by atoms with E-state index in [4.69, 9.17) is 0 Å². The van der Waals surface area contributed by atoms with Crippen molar-refractivity contribution >= 4 is 18.0 Å². The van der Waals surface area contributed by atoms with E-state index in [9.17, 15) is 9.59 Å². The largest absolute Gasteiger partial charge is 0.346 e. The summed E-state index contributed by atoms with van der Waals surface area (Å²) in [5.41, 5.74) is 4.28. The number of nitrogens with zero attached hydrogens (tertiary/aromatic N) is 1. The minimum absolute atomic E-state index is 0.0798. The maximum absolute atomic E-state index is 11.3. The highest BCUT2D eigenvalue weighted by Gasteiger charge is 2.12. The van der Waals surface area contributed by atoms with Crippen LogP contribution in [0.2, 0.25) is 0 Å². The van der Waals surface area contributed by atoms with Gasteiger partial charge in [0.25, 0.3) is 0 Å². The van der Waals surface area contributed by atoms with Gasteiger partial charge in [-0.25, -0.2) is 5.43 Å². The molecule has 0 spiro atoms. The molecule has 0 aliphatic carbocycles. The molecule has 0 atom stereocenters. The van der Waals surface area contributed by atoms with Crippen molar-refractivity contribution in [2.45, 2.75) is 33.2 Å². The SMILES string of the molecule is CCc1ccc(/C=N\NC(=O)C(=O)NC(C)C)cc1. The molecule has 0 unspecified atom stereocenters. The second-order valence-corrected chi connectivity index (χ2v) is 4.42. The monoisotopic (exact) mass is 261 g/mol. The van der Waals surface area contributed by atoms with Crippen LogP contribution in [0.5, 0.6) is 0 Å². The van der Waals surface area contributed by atoms with Crippen LogP contribution in [-0.2, 0) is 16.0 Å². The minimum Gasteiger partial charge on any atom is -0.346 e. The van der Waals surface area contributed by atoms with Crippen LogP contribution in [0, 0.1) is 0 Å². The molecule has 1 aromatic carbocycles. The van der Waals surface area contributed by atoms with Gasteiger partial charge in [-0.3, -0.25) is 9.59 Å². The Bertz CT molecular complexity index is 464. The Balaban J connectivity index is 2.48. The van der Waals surface area contributed by atoms with Crippen LogP contribution in [0.3, 0.4) is 0 Å². The van der Waals surface area contributed by atoms with Gasteiger partial charge in [-0.05, 0) is 31.4 Å². The van der Waals surface area contributed by atoms with Gasteiger partial charge in [0.15, 0.2) is 0 Å². The van der Waals surface area contributed by atoms with E-state index in [2.05, 4.69) is 22.8 Å². The smallest absolute Gasteiger partial charge is 0.329 e. The maximum atomic E-state index is 11.3. The zero-order valence-electron chi connectivity index (χ0n) is 11.4. The Hall–Kier alpha value is -2.17. The number of hydrogen-bond acceptors (Lipinski definition) is 3. The lowest BCUT2D eigenvalue weighted by Crippen LogP contribution is -2.41. The van der Waals surface area contributed by atoms with Crippen molar-refractivity contribution in [2.24, 2.45) is 5.10 Å². The standard InChI is InChI=1S/C14H19N3O2/c1-4-11-5-7-12(8-6-11)9-15-17-14(19)13(18)16-10(2)3/h5-10H,4H2,1-3H3,(H,16,18)(H,17,19)/b15-9-. The lowest BCUT2D eigenvalue weighted by Gasteiger charge is -2.05. The number of carbonyl (C=O) groups is 2. The molecule has 1 rings (SSSR count). The van der Waals surface area contributed by atoms with E-state index in [0.29, 0.717) is 0 Å². The molecule has 0 aliphatic rings. The zero-order valence-corrected chi connectivity index (χ0v) is 11.4. The summed E-state index contributed by atoms with van der Waals surface area (Å²) >= 11 is 0. The van der Waals surface area contributed by atoms with Gasteiger partial charge in [0, 0.05) is 6.04 Å². The summed E-state index contributed by atoms with van der Waals surface area (Å²) in [7, 11) is 0. The van der Waals surface area contributed by atoms with Crippen molar-refractivity contribution < 1.29 is 9.59 Å². The van der Waals surface area contributed by atoms with E-state index in [1.54, 1.807) is 13.8 Å². The van der Waals surface area contributed by atoms with Gasteiger partial charge >= 0.3 is 11.8 Å². The van der Waals surface area contributed by atoms with Crippen LogP contribution < -0.4 is 10.7 Å². The number of nitrogens with one attached hydrogen (secondary N) is 2. The fourth-order valence-corrected chi connectivity index (χ4v) is 1.38. The predicted molar refractivity (Wildman–Crippen MR) is 74.8 cm³/mol. The first-order chi connectivity index (χ1) is 9.02. The van der Waals surface area contributed by atoms with Crippen molar-refractivity contribution in [3.8, 4) is 0 Å². The first-order valence-corrected chi connectivity index (χ1v) is 6.25. The topological polar surface area (TPSA) is 70.6 Å². The number of hydrazone groups is 1. The molecule has 0 radical (unpaired) electrons.